The lowest BCUT2D eigenvalue weighted by molar-refractivity contribution is 0.270. The van der Waals surface area contributed by atoms with Gasteiger partial charge in [0, 0.05) is 27.7 Å². The molecule has 0 unspecified atom stereocenters. The van der Waals surface area contributed by atoms with E-state index >= 15 is 0 Å². The number of hydrogen-bond acceptors (Lipinski definition) is 5. The fraction of sp³-hybridized carbons (Fsp3) is 0.429. The molecule has 0 spiro atoms. The van der Waals surface area contributed by atoms with E-state index in [9.17, 15) is 0 Å². The van der Waals surface area contributed by atoms with Crippen LogP contribution in [0.5, 0.6) is 11.5 Å². The molecule has 2 aliphatic rings. The van der Waals surface area contributed by atoms with Crippen LogP contribution in [-0.4, -0.2) is 37.3 Å². The Hall–Kier alpha value is -1.30. The summed E-state index contributed by atoms with van der Waals surface area (Å²) in [6.07, 6.45) is 1.04. The molecular formula is C21H25NO2S2. The second-order valence-electron chi connectivity index (χ2n) is 6.93. The fourth-order valence-electron chi connectivity index (χ4n) is 3.19. The van der Waals surface area contributed by atoms with Gasteiger partial charge < -0.3 is 14.8 Å². The lowest BCUT2D eigenvalue weighted by Gasteiger charge is -2.19. The van der Waals surface area contributed by atoms with Gasteiger partial charge in [-0.25, -0.2) is 0 Å². The van der Waals surface area contributed by atoms with Gasteiger partial charge in [-0.2, -0.15) is 0 Å². The van der Waals surface area contributed by atoms with E-state index in [-0.39, 0.29) is 0 Å². The summed E-state index contributed by atoms with van der Waals surface area (Å²) in [6.45, 7) is 4.88. The molecule has 0 aromatic heterocycles. The molecule has 0 radical (unpaired) electrons. The Kier molecular flexibility index (Phi) is 5.98. The smallest absolute Gasteiger partial charge is 0.136 e. The van der Waals surface area contributed by atoms with Crippen LogP contribution in [0.3, 0.4) is 0 Å². The molecule has 2 heterocycles. The number of fused-ring (bicyclic) bond motifs is 2. The van der Waals surface area contributed by atoms with E-state index in [0.29, 0.717) is 12.0 Å². The van der Waals surface area contributed by atoms with Crippen LogP contribution < -0.4 is 14.8 Å². The molecule has 3 nitrogen and oxygen atoms in total. The van der Waals surface area contributed by atoms with Crippen molar-refractivity contribution in [2.75, 3.05) is 31.3 Å². The summed E-state index contributed by atoms with van der Waals surface area (Å²) in [5, 5.41) is 3.69. The zero-order chi connectivity index (χ0) is 17.8. The van der Waals surface area contributed by atoms with Crippen LogP contribution in [0, 0.1) is 5.92 Å². The maximum absolute atomic E-state index is 5.97. The maximum Gasteiger partial charge on any atom is 0.136 e. The first-order valence-electron chi connectivity index (χ1n) is 9.25. The van der Waals surface area contributed by atoms with Crippen LogP contribution >= 0.6 is 23.5 Å². The van der Waals surface area contributed by atoms with Crippen LogP contribution in [0.1, 0.15) is 12.5 Å². The van der Waals surface area contributed by atoms with Crippen molar-refractivity contribution in [2.45, 2.75) is 29.2 Å². The van der Waals surface area contributed by atoms with Crippen molar-refractivity contribution in [3.8, 4) is 11.5 Å². The van der Waals surface area contributed by atoms with Gasteiger partial charge in [0.25, 0.3) is 0 Å². The van der Waals surface area contributed by atoms with Crippen LogP contribution in [0.2, 0.25) is 0 Å². The predicted octanol–water partition coefficient (Wildman–Crippen LogP) is 4.49. The highest BCUT2D eigenvalue weighted by Crippen LogP contribution is 2.37. The summed E-state index contributed by atoms with van der Waals surface area (Å²) >= 11 is 3.80. The van der Waals surface area contributed by atoms with Gasteiger partial charge in [0.15, 0.2) is 0 Å². The van der Waals surface area contributed by atoms with Gasteiger partial charge in [-0.05, 0) is 36.2 Å². The van der Waals surface area contributed by atoms with E-state index in [1.165, 1.54) is 15.4 Å². The Morgan fingerprint density at radius 3 is 3.08 bits per heavy atom. The third-order valence-electron chi connectivity index (χ3n) is 4.69. The first-order chi connectivity index (χ1) is 12.8. The summed E-state index contributed by atoms with van der Waals surface area (Å²) in [5.41, 5.74) is 1.35. The van der Waals surface area contributed by atoms with Crippen LogP contribution in [-0.2, 0) is 6.42 Å². The first kappa shape index (κ1) is 18.1. The van der Waals surface area contributed by atoms with Crippen molar-refractivity contribution >= 4 is 23.5 Å². The second kappa shape index (κ2) is 8.59. The Labute approximate surface area is 164 Å². The minimum absolute atomic E-state index is 0.393. The summed E-state index contributed by atoms with van der Waals surface area (Å²) in [5.74, 6) is 4.87. The fourth-order valence-corrected chi connectivity index (χ4v) is 5.31. The average molecular weight is 388 g/mol. The zero-order valence-corrected chi connectivity index (χ0v) is 16.7. The number of ether oxygens (including phenoxy) is 2. The molecule has 4 rings (SSSR count). The highest BCUT2D eigenvalue weighted by atomic mass is 32.2. The Balaban J connectivity index is 1.24. The predicted molar refractivity (Wildman–Crippen MR) is 110 cm³/mol. The van der Waals surface area contributed by atoms with Gasteiger partial charge in [0.05, 0.1) is 12.6 Å². The van der Waals surface area contributed by atoms with Gasteiger partial charge in [0.1, 0.15) is 18.1 Å². The van der Waals surface area contributed by atoms with Crippen molar-refractivity contribution < 1.29 is 9.47 Å². The monoisotopic (exact) mass is 387 g/mol. The third kappa shape index (κ3) is 4.33. The number of rotatable bonds is 6. The van der Waals surface area contributed by atoms with Crippen molar-refractivity contribution in [1.29, 1.82) is 0 Å². The first-order valence-corrected chi connectivity index (χ1v) is 11.2. The van der Waals surface area contributed by atoms with Crippen molar-refractivity contribution in [3.63, 3.8) is 0 Å². The number of thioether (sulfide) groups is 2. The van der Waals surface area contributed by atoms with E-state index < -0.39 is 0 Å². The number of nitrogens with one attached hydrogen (secondary N) is 1. The molecule has 0 amide bonds. The molecule has 2 aromatic rings. The van der Waals surface area contributed by atoms with Gasteiger partial charge in [-0.15, -0.1) is 23.5 Å². The number of para-hydroxylation sites is 2. The van der Waals surface area contributed by atoms with Gasteiger partial charge in [-0.3, -0.25) is 0 Å². The van der Waals surface area contributed by atoms with Crippen molar-refractivity contribution in [1.82, 2.24) is 5.32 Å². The van der Waals surface area contributed by atoms with Gasteiger partial charge in [0.2, 0.25) is 0 Å². The Morgan fingerprint density at radius 1 is 1.19 bits per heavy atom. The second-order valence-corrected chi connectivity index (χ2v) is 9.06. The highest BCUT2D eigenvalue weighted by molar-refractivity contribution is 7.99. The SMILES string of the molecule is C[C@@H](CN[C@@H]1COc2ccccc2SC1)CSc1cccc2c1OCC2. The number of hydrogen-bond donors (Lipinski definition) is 1. The Morgan fingerprint density at radius 2 is 2.12 bits per heavy atom. The summed E-state index contributed by atoms with van der Waals surface area (Å²) in [7, 11) is 0. The topological polar surface area (TPSA) is 30.5 Å². The van der Waals surface area contributed by atoms with E-state index in [1.54, 1.807) is 0 Å². The molecular weight excluding hydrogens is 362 g/mol. The maximum atomic E-state index is 5.97. The Bertz CT molecular complexity index is 726. The van der Waals surface area contributed by atoms with Crippen LogP contribution in [0.25, 0.3) is 0 Å². The third-order valence-corrected chi connectivity index (χ3v) is 7.27. The lowest BCUT2D eigenvalue weighted by Crippen LogP contribution is -2.39. The molecule has 0 fully saturated rings. The van der Waals surface area contributed by atoms with E-state index in [0.717, 1.165) is 49.2 Å². The molecule has 138 valence electrons. The average Bonchev–Trinajstić information content (AvgIpc) is 3.06. The summed E-state index contributed by atoms with van der Waals surface area (Å²) in [4.78, 5) is 2.54. The quantitative estimate of drug-likeness (QED) is 0.738. The van der Waals surface area contributed by atoms with E-state index in [1.807, 2.05) is 29.6 Å². The van der Waals surface area contributed by atoms with E-state index in [2.05, 4.69) is 48.6 Å². The normalized spacial score (nSPS) is 19.7. The molecule has 0 saturated carbocycles. The molecule has 5 heteroatoms. The highest BCUT2D eigenvalue weighted by Gasteiger charge is 2.19. The molecule has 0 bridgehead atoms. The zero-order valence-electron chi connectivity index (χ0n) is 15.1. The summed E-state index contributed by atoms with van der Waals surface area (Å²) in [6, 6.07) is 15.2. The molecule has 1 N–H and O–H groups in total. The minimum Gasteiger partial charge on any atom is -0.492 e. The summed E-state index contributed by atoms with van der Waals surface area (Å²) < 4.78 is 11.8. The molecule has 2 atom stereocenters. The van der Waals surface area contributed by atoms with Gasteiger partial charge in [-0.1, -0.05) is 31.2 Å². The van der Waals surface area contributed by atoms with E-state index in [4.69, 9.17) is 9.47 Å². The molecule has 2 aromatic carbocycles. The molecule has 2 aliphatic heterocycles. The molecule has 26 heavy (non-hydrogen) atoms. The van der Waals surface area contributed by atoms with Crippen LogP contribution in [0.4, 0.5) is 0 Å². The minimum atomic E-state index is 0.393. The molecule has 0 saturated heterocycles. The number of benzene rings is 2. The standard InChI is InChI=1S/C21H25NO2S2/c1-15(13-25-20-8-4-5-16-9-10-23-21(16)20)11-22-17-12-24-18-6-2-3-7-19(18)26-14-17/h2-8,15,17,22H,9-14H2,1H3/t15-,17+/m0/s1. The van der Waals surface area contributed by atoms with Crippen molar-refractivity contribution in [2.24, 2.45) is 5.92 Å². The lowest BCUT2D eigenvalue weighted by atomic mass is 10.2. The van der Waals surface area contributed by atoms with Crippen LogP contribution in [0.15, 0.2) is 52.3 Å². The molecule has 0 aliphatic carbocycles. The van der Waals surface area contributed by atoms with Gasteiger partial charge >= 0.3 is 0 Å². The van der Waals surface area contributed by atoms with Crippen molar-refractivity contribution in [3.05, 3.63) is 48.0 Å². The largest absolute Gasteiger partial charge is 0.492 e.